The van der Waals surface area contributed by atoms with Crippen LogP contribution >= 0.6 is 11.8 Å². The third-order valence-electron chi connectivity index (χ3n) is 4.19. The number of amides is 3. The molecule has 3 atom stereocenters. The maximum atomic E-state index is 12.8. The number of carboxylic acid groups (broad SMARTS) is 1. The van der Waals surface area contributed by atoms with Gasteiger partial charge in [-0.15, -0.1) is 0 Å². The molecule has 0 heterocycles. The number of rotatable bonds is 12. The van der Waals surface area contributed by atoms with Crippen LogP contribution in [0.5, 0.6) is 5.75 Å². The first-order chi connectivity index (χ1) is 14.2. The van der Waals surface area contributed by atoms with Crippen molar-refractivity contribution in [1.29, 1.82) is 0 Å². The Bertz CT molecular complexity index is 743. The van der Waals surface area contributed by atoms with E-state index in [1.54, 1.807) is 12.1 Å². The fourth-order valence-corrected chi connectivity index (χ4v) is 2.98. The SMILES string of the molecule is CSCC[C@H](NC(=O)[C@H](Cc1ccc(O)cc1)NC(=O)[C@H](C)NC(=O)CN)C(=O)O. The monoisotopic (exact) mass is 440 g/mol. The third-order valence-corrected chi connectivity index (χ3v) is 4.83. The first kappa shape index (κ1) is 25.2. The Hall–Kier alpha value is -2.79. The lowest BCUT2D eigenvalue weighted by atomic mass is 10.0. The van der Waals surface area contributed by atoms with Gasteiger partial charge in [0.05, 0.1) is 6.54 Å². The number of thioether (sulfide) groups is 1. The van der Waals surface area contributed by atoms with Crippen LogP contribution in [0.25, 0.3) is 0 Å². The van der Waals surface area contributed by atoms with Crippen molar-refractivity contribution in [2.45, 2.75) is 37.9 Å². The van der Waals surface area contributed by atoms with Crippen LogP contribution in [-0.2, 0) is 25.6 Å². The van der Waals surface area contributed by atoms with Crippen molar-refractivity contribution in [3.63, 3.8) is 0 Å². The van der Waals surface area contributed by atoms with Crippen molar-refractivity contribution in [3.05, 3.63) is 29.8 Å². The van der Waals surface area contributed by atoms with E-state index in [9.17, 15) is 29.4 Å². The molecule has 0 aliphatic carbocycles. The van der Waals surface area contributed by atoms with Crippen LogP contribution in [0.2, 0.25) is 0 Å². The molecule has 0 aliphatic rings. The lowest BCUT2D eigenvalue weighted by molar-refractivity contribution is -0.142. The fraction of sp³-hybridized carbons (Fsp3) is 0.474. The lowest BCUT2D eigenvalue weighted by Gasteiger charge is -2.23. The number of nitrogens with one attached hydrogen (secondary N) is 3. The number of carboxylic acids is 1. The van der Waals surface area contributed by atoms with Crippen LogP contribution in [0, 0.1) is 0 Å². The molecule has 1 rings (SSSR count). The summed E-state index contributed by atoms with van der Waals surface area (Å²) in [5, 5.41) is 26.2. The second-order valence-corrected chi connectivity index (χ2v) is 7.59. The largest absolute Gasteiger partial charge is 0.508 e. The number of hydrogen-bond acceptors (Lipinski definition) is 7. The van der Waals surface area contributed by atoms with Crippen LogP contribution in [0.4, 0.5) is 0 Å². The zero-order valence-electron chi connectivity index (χ0n) is 16.9. The topological polar surface area (TPSA) is 171 Å². The number of phenols is 1. The molecule has 0 aliphatic heterocycles. The van der Waals surface area contributed by atoms with E-state index in [4.69, 9.17) is 5.73 Å². The minimum Gasteiger partial charge on any atom is -0.508 e. The molecule has 0 saturated carbocycles. The zero-order chi connectivity index (χ0) is 22.7. The first-order valence-electron chi connectivity index (χ1n) is 9.27. The summed E-state index contributed by atoms with van der Waals surface area (Å²) in [5.41, 5.74) is 5.86. The van der Waals surface area contributed by atoms with Gasteiger partial charge in [0, 0.05) is 6.42 Å². The molecule has 1 aromatic rings. The van der Waals surface area contributed by atoms with E-state index < -0.39 is 41.8 Å². The van der Waals surface area contributed by atoms with E-state index in [0.717, 1.165) is 0 Å². The van der Waals surface area contributed by atoms with Gasteiger partial charge >= 0.3 is 5.97 Å². The van der Waals surface area contributed by atoms with Gasteiger partial charge in [0.15, 0.2) is 0 Å². The van der Waals surface area contributed by atoms with E-state index in [0.29, 0.717) is 11.3 Å². The fourth-order valence-electron chi connectivity index (χ4n) is 2.51. The highest BCUT2D eigenvalue weighted by atomic mass is 32.2. The summed E-state index contributed by atoms with van der Waals surface area (Å²) in [6, 6.07) is 2.92. The molecule has 0 unspecified atom stereocenters. The minimum atomic E-state index is -1.17. The van der Waals surface area contributed by atoms with Gasteiger partial charge < -0.3 is 31.9 Å². The number of carbonyl (C=O) groups excluding carboxylic acids is 3. The number of aromatic hydroxyl groups is 1. The molecule has 0 bridgehead atoms. The number of nitrogens with two attached hydrogens (primary N) is 1. The molecule has 30 heavy (non-hydrogen) atoms. The average molecular weight is 441 g/mol. The van der Waals surface area contributed by atoms with Gasteiger partial charge in [0.1, 0.15) is 23.9 Å². The molecular formula is C19H28N4O6S. The summed E-state index contributed by atoms with van der Waals surface area (Å²) in [4.78, 5) is 48.1. The van der Waals surface area contributed by atoms with E-state index in [2.05, 4.69) is 16.0 Å². The Balaban J connectivity index is 2.96. The number of hydrogen-bond donors (Lipinski definition) is 6. The van der Waals surface area contributed by atoms with E-state index >= 15 is 0 Å². The quantitative estimate of drug-likeness (QED) is 0.245. The molecule has 0 saturated heterocycles. The van der Waals surface area contributed by atoms with Gasteiger partial charge in [0.2, 0.25) is 17.7 Å². The molecule has 11 heteroatoms. The summed E-state index contributed by atoms with van der Waals surface area (Å²) in [6.45, 7) is 1.15. The highest BCUT2D eigenvalue weighted by Crippen LogP contribution is 2.12. The van der Waals surface area contributed by atoms with Crippen LogP contribution in [0.15, 0.2) is 24.3 Å². The molecule has 3 amide bonds. The highest BCUT2D eigenvalue weighted by Gasteiger charge is 2.28. The van der Waals surface area contributed by atoms with E-state index in [1.807, 2.05) is 6.26 Å². The molecule has 0 aromatic heterocycles. The summed E-state index contributed by atoms with van der Waals surface area (Å²) >= 11 is 1.45. The average Bonchev–Trinajstić information content (AvgIpc) is 2.71. The molecule has 166 valence electrons. The lowest BCUT2D eigenvalue weighted by Crippen LogP contribution is -2.56. The smallest absolute Gasteiger partial charge is 0.326 e. The molecule has 0 radical (unpaired) electrons. The maximum Gasteiger partial charge on any atom is 0.326 e. The van der Waals surface area contributed by atoms with Crippen molar-refractivity contribution < 1.29 is 29.4 Å². The third kappa shape index (κ3) is 8.70. The van der Waals surface area contributed by atoms with Gasteiger partial charge in [0.25, 0.3) is 0 Å². The van der Waals surface area contributed by atoms with Gasteiger partial charge in [-0.2, -0.15) is 11.8 Å². The number of carbonyl (C=O) groups is 4. The van der Waals surface area contributed by atoms with Crippen molar-refractivity contribution in [3.8, 4) is 5.75 Å². The number of aliphatic carboxylic acids is 1. The van der Waals surface area contributed by atoms with Crippen molar-refractivity contribution in [1.82, 2.24) is 16.0 Å². The first-order valence-corrected chi connectivity index (χ1v) is 10.7. The van der Waals surface area contributed by atoms with Crippen molar-refractivity contribution in [2.24, 2.45) is 5.73 Å². The maximum absolute atomic E-state index is 12.8. The summed E-state index contributed by atoms with van der Waals surface area (Å²) in [5.74, 6) is -2.40. The Morgan fingerprint density at radius 2 is 1.63 bits per heavy atom. The predicted molar refractivity (Wildman–Crippen MR) is 113 cm³/mol. The summed E-state index contributed by atoms with van der Waals surface area (Å²) in [6.07, 6.45) is 2.11. The van der Waals surface area contributed by atoms with Crippen molar-refractivity contribution in [2.75, 3.05) is 18.6 Å². The highest BCUT2D eigenvalue weighted by molar-refractivity contribution is 7.98. The Kier molecular flexibility index (Phi) is 10.7. The molecule has 0 spiro atoms. The Morgan fingerprint density at radius 1 is 1.03 bits per heavy atom. The van der Waals surface area contributed by atoms with Crippen LogP contribution in [0.1, 0.15) is 18.9 Å². The molecular weight excluding hydrogens is 412 g/mol. The Labute approximate surface area is 179 Å². The normalized spacial score (nSPS) is 13.6. The zero-order valence-corrected chi connectivity index (χ0v) is 17.7. The number of phenolic OH excluding ortho intramolecular Hbond substituents is 1. The summed E-state index contributed by atoms with van der Waals surface area (Å²) in [7, 11) is 0. The molecule has 1 aromatic carbocycles. The molecule has 10 nitrogen and oxygen atoms in total. The standard InChI is InChI=1S/C19H28N4O6S/c1-11(21-16(25)10-20)17(26)23-15(9-12-3-5-13(24)6-4-12)18(27)22-14(19(28)29)7-8-30-2/h3-6,11,14-15,24H,7-10,20H2,1-2H3,(H,21,25)(H,22,27)(H,23,26)(H,28,29)/t11-,14-,15-/m0/s1. The second kappa shape index (κ2) is 12.7. The molecule has 7 N–H and O–H groups in total. The van der Waals surface area contributed by atoms with Gasteiger partial charge in [-0.25, -0.2) is 4.79 Å². The van der Waals surface area contributed by atoms with Crippen LogP contribution < -0.4 is 21.7 Å². The minimum absolute atomic E-state index is 0.0462. The van der Waals surface area contributed by atoms with Crippen LogP contribution in [-0.4, -0.2) is 70.6 Å². The van der Waals surface area contributed by atoms with Gasteiger partial charge in [-0.05, 0) is 43.0 Å². The number of benzene rings is 1. The summed E-state index contributed by atoms with van der Waals surface area (Å²) < 4.78 is 0. The van der Waals surface area contributed by atoms with E-state index in [1.165, 1.54) is 30.8 Å². The Morgan fingerprint density at radius 3 is 2.17 bits per heavy atom. The van der Waals surface area contributed by atoms with Gasteiger partial charge in [-0.3, -0.25) is 14.4 Å². The molecule has 0 fully saturated rings. The van der Waals surface area contributed by atoms with E-state index in [-0.39, 0.29) is 25.1 Å². The predicted octanol–water partition coefficient (Wildman–Crippen LogP) is -0.795. The van der Waals surface area contributed by atoms with Crippen LogP contribution in [0.3, 0.4) is 0 Å². The van der Waals surface area contributed by atoms with Gasteiger partial charge in [-0.1, -0.05) is 12.1 Å². The van der Waals surface area contributed by atoms with Crippen molar-refractivity contribution >= 4 is 35.5 Å². The second-order valence-electron chi connectivity index (χ2n) is 6.61.